The van der Waals surface area contributed by atoms with Gasteiger partial charge in [-0.2, -0.15) is 0 Å². The zero-order valence-electron chi connectivity index (χ0n) is 11.3. The van der Waals surface area contributed by atoms with Gasteiger partial charge in [-0.05, 0) is 24.6 Å². The number of ether oxygens (including phenoxy) is 1. The largest absolute Gasteiger partial charge is 0.491 e. The van der Waals surface area contributed by atoms with Crippen molar-refractivity contribution in [2.24, 2.45) is 0 Å². The predicted octanol–water partition coefficient (Wildman–Crippen LogP) is 2.26. The lowest BCUT2D eigenvalue weighted by molar-refractivity contribution is 0.0696. The van der Waals surface area contributed by atoms with Gasteiger partial charge in [0, 0.05) is 22.7 Å². The van der Waals surface area contributed by atoms with E-state index < -0.39 is 5.97 Å². The maximum atomic E-state index is 11.2. The molecule has 1 aromatic heterocycles. The Balaban J connectivity index is 2.63. The smallest absolute Gasteiger partial charge is 0.335 e. The van der Waals surface area contributed by atoms with Gasteiger partial charge in [0.2, 0.25) is 0 Å². The number of rotatable bonds is 6. The van der Waals surface area contributed by atoms with E-state index in [0.717, 1.165) is 29.3 Å². The first kappa shape index (κ1) is 14.3. The summed E-state index contributed by atoms with van der Waals surface area (Å²) in [4.78, 5) is 15.5. The van der Waals surface area contributed by atoms with Gasteiger partial charge >= 0.3 is 5.97 Å². The molecule has 0 atom stereocenters. The summed E-state index contributed by atoms with van der Waals surface area (Å²) in [5.74, 6) is -0.541. The van der Waals surface area contributed by atoms with Crippen molar-refractivity contribution in [1.82, 2.24) is 4.98 Å². The fourth-order valence-corrected chi connectivity index (χ4v) is 2.14. The first-order valence-electron chi connectivity index (χ1n) is 6.56. The molecule has 0 fully saturated rings. The Hall–Kier alpha value is -2.14. The number of pyridine rings is 1. The summed E-state index contributed by atoms with van der Waals surface area (Å²) in [7, 11) is 0. The highest BCUT2D eigenvalue weighted by Gasteiger charge is 2.13. The topological polar surface area (TPSA) is 79.7 Å². The van der Waals surface area contributed by atoms with Crippen LogP contribution in [0.3, 0.4) is 0 Å². The van der Waals surface area contributed by atoms with Crippen molar-refractivity contribution in [2.75, 3.05) is 13.2 Å². The van der Waals surface area contributed by atoms with E-state index in [0.29, 0.717) is 5.75 Å². The number of aromatic carboxylic acids is 1. The van der Waals surface area contributed by atoms with Crippen molar-refractivity contribution in [3.63, 3.8) is 0 Å². The fourth-order valence-electron chi connectivity index (χ4n) is 2.14. The van der Waals surface area contributed by atoms with E-state index in [1.165, 1.54) is 6.07 Å². The summed E-state index contributed by atoms with van der Waals surface area (Å²) in [5.41, 5.74) is 1.03. The fraction of sp³-hybridized carbons (Fsp3) is 0.333. The van der Waals surface area contributed by atoms with Crippen LogP contribution in [0.4, 0.5) is 0 Å². The Kier molecular flexibility index (Phi) is 4.53. The maximum Gasteiger partial charge on any atom is 0.335 e. The van der Waals surface area contributed by atoms with E-state index in [-0.39, 0.29) is 18.8 Å². The number of aromatic nitrogens is 1. The third kappa shape index (κ3) is 2.88. The molecule has 0 aliphatic heterocycles. The highest BCUT2D eigenvalue weighted by Crippen LogP contribution is 2.29. The third-order valence-corrected chi connectivity index (χ3v) is 3.01. The minimum absolute atomic E-state index is 0.119. The quantitative estimate of drug-likeness (QED) is 0.845. The lowest BCUT2D eigenvalue weighted by atomic mass is 10.0. The van der Waals surface area contributed by atoms with Crippen molar-refractivity contribution in [3.8, 4) is 5.75 Å². The number of nitrogens with zero attached hydrogens (tertiary/aromatic N) is 1. The van der Waals surface area contributed by atoms with Crippen molar-refractivity contribution >= 4 is 16.7 Å². The highest BCUT2D eigenvalue weighted by molar-refractivity contribution is 5.98. The van der Waals surface area contributed by atoms with Gasteiger partial charge in [-0.1, -0.05) is 13.3 Å². The molecule has 2 aromatic rings. The average molecular weight is 275 g/mol. The zero-order chi connectivity index (χ0) is 14.5. The molecule has 0 aliphatic rings. The second kappa shape index (κ2) is 6.34. The molecule has 106 valence electrons. The Morgan fingerprint density at radius 3 is 2.80 bits per heavy atom. The van der Waals surface area contributed by atoms with Crippen molar-refractivity contribution in [2.45, 2.75) is 19.8 Å². The molecule has 1 aromatic carbocycles. The molecular weight excluding hydrogens is 258 g/mol. The first-order valence-corrected chi connectivity index (χ1v) is 6.56. The van der Waals surface area contributed by atoms with E-state index in [2.05, 4.69) is 4.98 Å². The number of carboxylic acids is 1. The number of carbonyl (C=O) groups is 1. The van der Waals surface area contributed by atoms with Crippen LogP contribution in [0.2, 0.25) is 0 Å². The van der Waals surface area contributed by atoms with Crippen molar-refractivity contribution in [3.05, 3.63) is 35.7 Å². The van der Waals surface area contributed by atoms with E-state index >= 15 is 0 Å². The monoisotopic (exact) mass is 275 g/mol. The molecule has 0 unspecified atom stereocenters. The average Bonchev–Trinajstić information content (AvgIpc) is 2.45. The van der Waals surface area contributed by atoms with Crippen LogP contribution < -0.4 is 4.74 Å². The van der Waals surface area contributed by atoms with Gasteiger partial charge < -0.3 is 14.9 Å². The van der Waals surface area contributed by atoms with E-state index in [4.69, 9.17) is 9.84 Å². The number of carboxylic acid groups (broad SMARTS) is 1. The third-order valence-electron chi connectivity index (χ3n) is 3.01. The van der Waals surface area contributed by atoms with Crippen LogP contribution in [0.5, 0.6) is 5.75 Å². The number of fused-ring (bicyclic) bond motifs is 1. The minimum atomic E-state index is -1.01. The minimum Gasteiger partial charge on any atom is -0.491 e. The molecule has 5 heteroatoms. The molecule has 5 nitrogen and oxygen atoms in total. The molecular formula is C15H17NO4. The van der Waals surface area contributed by atoms with Gasteiger partial charge in [0.05, 0.1) is 12.2 Å². The molecule has 0 spiro atoms. The summed E-state index contributed by atoms with van der Waals surface area (Å²) in [6.07, 6.45) is 3.40. The van der Waals surface area contributed by atoms with E-state index in [9.17, 15) is 9.90 Å². The summed E-state index contributed by atoms with van der Waals surface area (Å²) >= 11 is 0. The van der Waals surface area contributed by atoms with Gasteiger partial charge in [0.25, 0.3) is 0 Å². The SMILES string of the molecule is CCCc1nccc2c(OCCO)cc(C(=O)O)cc12. The van der Waals surface area contributed by atoms with Crippen LogP contribution in [0.1, 0.15) is 29.4 Å². The molecule has 20 heavy (non-hydrogen) atoms. The van der Waals surface area contributed by atoms with Gasteiger partial charge in [-0.3, -0.25) is 4.98 Å². The Morgan fingerprint density at radius 2 is 2.15 bits per heavy atom. The number of aliphatic hydroxyl groups excluding tert-OH is 1. The molecule has 0 aliphatic carbocycles. The lowest BCUT2D eigenvalue weighted by Crippen LogP contribution is -2.05. The van der Waals surface area contributed by atoms with E-state index in [1.54, 1.807) is 18.3 Å². The maximum absolute atomic E-state index is 11.2. The van der Waals surface area contributed by atoms with Crippen LogP contribution in [0.25, 0.3) is 10.8 Å². The first-order chi connectivity index (χ1) is 9.67. The van der Waals surface area contributed by atoms with E-state index in [1.807, 2.05) is 6.92 Å². The molecule has 2 rings (SSSR count). The summed E-state index contributed by atoms with van der Waals surface area (Å²) < 4.78 is 5.45. The standard InChI is InChI=1S/C15H17NO4/c1-2-3-13-12-8-10(15(18)19)9-14(20-7-6-17)11(12)4-5-16-13/h4-5,8-9,17H,2-3,6-7H2,1H3,(H,18,19). The number of aliphatic hydroxyl groups is 1. The molecule has 2 N–H and O–H groups in total. The lowest BCUT2D eigenvalue weighted by Gasteiger charge is -2.12. The molecule has 0 saturated heterocycles. The van der Waals surface area contributed by atoms with Crippen LogP contribution in [-0.2, 0) is 6.42 Å². The molecule has 0 amide bonds. The number of benzene rings is 1. The van der Waals surface area contributed by atoms with Crippen LogP contribution in [0, 0.1) is 0 Å². The second-order valence-corrected chi connectivity index (χ2v) is 4.45. The number of hydrogen-bond donors (Lipinski definition) is 2. The number of hydrogen-bond acceptors (Lipinski definition) is 4. The normalized spacial score (nSPS) is 10.7. The van der Waals surface area contributed by atoms with Gasteiger partial charge in [0.1, 0.15) is 12.4 Å². The Morgan fingerprint density at radius 1 is 1.35 bits per heavy atom. The molecule has 1 heterocycles. The van der Waals surface area contributed by atoms with Crippen molar-refractivity contribution < 1.29 is 19.7 Å². The molecule has 0 bridgehead atoms. The summed E-state index contributed by atoms with van der Waals surface area (Å²) in [5, 5.41) is 19.7. The second-order valence-electron chi connectivity index (χ2n) is 4.45. The molecule has 0 radical (unpaired) electrons. The summed E-state index contributed by atoms with van der Waals surface area (Å²) in [6.45, 7) is 2.06. The Bertz CT molecular complexity index is 625. The number of aryl methyl sites for hydroxylation is 1. The zero-order valence-corrected chi connectivity index (χ0v) is 11.3. The van der Waals surface area contributed by atoms with Gasteiger partial charge in [-0.25, -0.2) is 4.79 Å². The van der Waals surface area contributed by atoms with Crippen LogP contribution >= 0.6 is 0 Å². The van der Waals surface area contributed by atoms with Crippen LogP contribution in [0.15, 0.2) is 24.4 Å². The highest BCUT2D eigenvalue weighted by atomic mass is 16.5. The molecule has 0 saturated carbocycles. The Labute approximate surface area is 116 Å². The van der Waals surface area contributed by atoms with Crippen molar-refractivity contribution in [1.29, 1.82) is 0 Å². The predicted molar refractivity (Wildman–Crippen MR) is 75.3 cm³/mol. The van der Waals surface area contributed by atoms with Crippen LogP contribution in [-0.4, -0.2) is 34.4 Å². The van der Waals surface area contributed by atoms with Gasteiger partial charge in [-0.15, -0.1) is 0 Å². The van der Waals surface area contributed by atoms with Gasteiger partial charge in [0.15, 0.2) is 0 Å². The summed E-state index contributed by atoms with van der Waals surface area (Å²) in [6, 6.07) is 4.91.